The Morgan fingerprint density at radius 1 is 1.10 bits per heavy atom. The Kier molecular flexibility index (Phi) is 5.34. The molecular formula is C15H18N2O4. The van der Waals surface area contributed by atoms with Crippen LogP contribution in [-0.4, -0.2) is 38.1 Å². The molecule has 0 atom stereocenters. The number of aromatic nitrogens is 2. The number of hydrogen-bond acceptors (Lipinski definition) is 6. The molecule has 0 aliphatic heterocycles. The number of methoxy groups -OCH3 is 3. The molecule has 0 radical (unpaired) electrons. The Bertz CT molecular complexity index is 607. The van der Waals surface area contributed by atoms with E-state index in [1.165, 1.54) is 0 Å². The molecule has 6 heteroatoms. The lowest BCUT2D eigenvalue weighted by Crippen LogP contribution is -1.95. The lowest BCUT2D eigenvalue weighted by atomic mass is 10.2. The first-order valence-corrected chi connectivity index (χ1v) is 6.48. The summed E-state index contributed by atoms with van der Waals surface area (Å²) < 4.78 is 20.5. The summed E-state index contributed by atoms with van der Waals surface area (Å²) >= 11 is 0. The minimum Gasteiger partial charge on any atom is -0.493 e. The van der Waals surface area contributed by atoms with E-state index in [0.29, 0.717) is 36.2 Å². The molecule has 0 saturated heterocycles. The molecular weight excluding hydrogens is 272 g/mol. The highest BCUT2D eigenvalue weighted by molar-refractivity contribution is 5.67. The zero-order valence-electron chi connectivity index (χ0n) is 12.3. The summed E-state index contributed by atoms with van der Waals surface area (Å²) in [6, 6.07) is 5.63. The van der Waals surface area contributed by atoms with Gasteiger partial charge >= 0.3 is 0 Å². The second-order valence-electron chi connectivity index (χ2n) is 4.24. The molecule has 1 heterocycles. The first-order chi connectivity index (χ1) is 10.3. The van der Waals surface area contributed by atoms with Crippen molar-refractivity contribution in [2.45, 2.75) is 6.42 Å². The van der Waals surface area contributed by atoms with Gasteiger partial charge < -0.3 is 18.7 Å². The molecule has 0 fully saturated rings. The lowest BCUT2D eigenvalue weighted by Gasteiger charge is -2.07. The maximum Gasteiger partial charge on any atom is 0.250 e. The molecule has 6 nitrogen and oxygen atoms in total. The van der Waals surface area contributed by atoms with E-state index in [0.717, 1.165) is 5.56 Å². The van der Waals surface area contributed by atoms with Gasteiger partial charge in [0, 0.05) is 19.6 Å². The van der Waals surface area contributed by atoms with Crippen LogP contribution in [0.1, 0.15) is 17.3 Å². The molecule has 2 rings (SSSR count). The summed E-state index contributed by atoms with van der Waals surface area (Å²) in [5, 5.41) is 3.87. The molecule has 0 aliphatic rings. The fraction of sp³-hybridized carbons (Fsp3) is 0.333. The monoisotopic (exact) mass is 290 g/mol. The van der Waals surface area contributed by atoms with E-state index in [9.17, 15) is 0 Å². The highest BCUT2D eigenvalue weighted by Gasteiger charge is 2.05. The van der Waals surface area contributed by atoms with Crippen LogP contribution in [0.3, 0.4) is 0 Å². The third kappa shape index (κ3) is 4.06. The molecule has 0 amide bonds. The molecule has 2 aromatic rings. The molecule has 0 bridgehead atoms. The Morgan fingerprint density at radius 2 is 1.90 bits per heavy atom. The normalized spacial score (nSPS) is 11.0. The second kappa shape index (κ2) is 7.44. The molecule has 0 unspecified atom stereocenters. The number of benzene rings is 1. The standard InChI is InChI=1S/C15H18N2O4/c1-18-9-8-14-16-15(21-17-14)7-5-11-4-6-12(19-2)13(10-11)20-3/h4-7,10H,8-9H2,1-3H3/b7-5-. The SMILES string of the molecule is COCCc1noc(/C=C\c2ccc(OC)c(OC)c2)n1. The zero-order chi connectivity index (χ0) is 15.1. The van der Waals surface area contributed by atoms with Gasteiger partial charge in [0.05, 0.1) is 20.8 Å². The van der Waals surface area contributed by atoms with Crippen LogP contribution in [0.25, 0.3) is 12.2 Å². The molecule has 21 heavy (non-hydrogen) atoms. The van der Waals surface area contributed by atoms with Gasteiger partial charge in [-0.25, -0.2) is 0 Å². The van der Waals surface area contributed by atoms with Gasteiger partial charge in [-0.1, -0.05) is 11.2 Å². The van der Waals surface area contributed by atoms with Crippen molar-refractivity contribution in [2.24, 2.45) is 0 Å². The summed E-state index contributed by atoms with van der Waals surface area (Å²) in [4.78, 5) is 4.24. The first kappa shape index (κ1) is 15.1. The van der Waals surface area contributed by atoms with Gasteiger partial charge in [-0.2, -0.15) is 4.98 Å². The third-order valence-corrected chi connectivity index (χ3v) is 2.84. The predicted octanol–water partition coefficient (Wildman–Crippen LogP) is 2.45. The molecule has 1 aromatic carbocycles. The second-order valence-corrected chi connectivity index (χ2v) is 4.24. The molecule has 0 spiro atoms. The smallest absolute Gasteiger partial charge is 0.250 e. The minimum atomic E-state index is 0.455. The van der Waals surface area contributed by atoms with Crippen LogP contribution in [0.2, 0.25) is 0 Å². The average Bonchev–Trinajstić information content (AvgIpc) is 2.98. The summed E-state index contributed by atoms with van der Waals surface area (Å²) in [6.45, 7) is 0.568. The van der Waals surface area contributed by atoms with Gasteiger partial charge in [-0.3, -0.25) is 0 Å². The van der Waals surface area contributed by atoms with Crippen LogP contribution in [-0.2, 0) is 11.2 Å². The Hall–Kier alpha value is -2.34. The summed E-state index contributed by atoms with van der Waals surface area (Å²) in [7, 11) is 4.84. The Balaban J connectivity index is 2.08. The van der Waals surface area contributed by atoms with E-state index < -0.39 is 0 Å². The molecule has 1 aromatic heterocycles. The Labute approximate surface area is 123 Å². The van der Waals surface area contributed by atoms with Crippen LogP contribution in [0.5, 0.6) is 11.5 Å². The minimum absolute atomic E-state index is 0.455. The van der Waals surface area contributed by atoms with Crippen molar-refractivity contribution in [1.82, 2.24) is 10.1 Å². The van der Waals surface area contributed by atoms with Crippen LogP contribution in [0.15, 0.2) is 22.7 Å². The van der Waals surface area contributed by atoms with E-state index in [-0.39, 0.29) is 0 Å². The fourth-order valence-corrected chi connectivity index (χ4v) is 1.75. The topological polar surface area (TPSA) is 66.6 Å². The Morgan fingerprint density at radius 3 is 2.62 bits per heavy atom. The molecule has 0 aliphatic carbocycles. The van der Waals surface area contributed by atoms with Gasteiger partial charge in [-0.15, -0.1) is 0 Å². The summed E-state index contributed by atoms with van der Waals surface area (Å²) in [5.74, 6) is 2.44. The highest BCUT2D eigenvalue weighted by Crippen LogP contribution is 2.28. The van der Waals surface area contributed by atoms with Gasteiger partial charge in [0.25, 0.3) is 5.89 Å². The maximum atomic E-state index is 5.25. The quantitative estimate of drug-likeness (QED) is 0.780. The molecule has 0 saturated carbocycles. The largest absolute Gasteiger partial charge is 0.493 e. The summed E-state index contributed by atoms with van der Waals surface area (Å²) in [5.41, 5.74) is 0.948. The van der Waals surface area contributed by atoms with Crippen LogP contribution in [0.4, 0.5) is 0 Å². The van der Waals surface area contributed by atoms with Crippen LogP contribution < -0.4 is 9.47 Å². The molecule has 112 valence electrons. The van der Waals surface area contributed by atoms with Gasteiger partial charge in [0.15, 0.2) is 17.3 Å². The first-order valence-electron chi connectivity index (χ1n) is 6.48. The van der Waals surface area contributed by atoms with E-state index >= 15 is 0 Å². The van der Waals surface area contributed by atoms with Gasteiger partial charge in [0.2, 0.25) is 0 Å². The molecule has 0 N–H and O–H groups in total. The van der Waals surface area contributed by atoms with Crippen molar-refractivity contribution in [1.29, 1.82) is 0 Å². The zero-order valence-corrected chi connectivity index (χ0v) is 12.3. The fourth-order valence-electron chi connectivity index (χ4n) is 1.75. The van der Waals surface area contributed by atoms with E-state index in [2.05, 4.69) is 10.1 Å². The van der Waals surface area contributed by atoms with Crippen LogP contribution >= 0.6 is 0 Å². The van der Waals surface area contributed by atoms with Crippen molar-refractivity contribution in [3.63, 3.8) is 0 Å². The van der Waals surface area contributed by atoms with Crippen molar-refractivity contribution in [3.8, 4) is 11.5 Å². The maximum absolute atomic E-state index is 5.25. The lowest BCUT2D eigenvalue weighted by molar-refractivity contribution is 0.199. The van der Waals surface area contributed by atoms with Crippen molar-refractivity contribution in [2.75, 3.05) is 27.9 Å². The average molecular weight is 290 g/mol. The van der Waals surface area contributed by atoms with E-state index in [1.807, 2.05) is 24.3 Å². The highest BCUT2D eigenvalue weighted by atomic mass is 16.5. The number of rotatable bonds is 7. The number of nitrogens with zero attached hydrogens (tertiary/aromatic N) is 2. The van der Waals surface area contributed by atoms with E-state index in [4.69, 9.17) is 18.7 Å². The number of hydrogen-bond donors (Lipinski definition) is 0. The van der Waals surface area contributed by atoms with Gasteiger partial charge in [0.1, 0.15) is 0 Å². The van der Waals surface area contributed by atoms with Crippen LogP contribution in [0, 0.1) is 0 Å². The van der Waals surface area contributed by atoms with Crippen molar-refractivity contribution in [3.05, 3.63) is 35.5 Å². The van der Waals surface area contributed by atoms with E-state index in [1.54, 1.807) is 27.4 Å². The summed E-state index contributed by atoms with van der Waals surface area (Å²) in [6.07, 6.45) is 4.25. The van der Waals surface area contributed by atoms with Crippen molar-refractivity contribution >= 4 is 12.2 Å². The van der Waals surface area contributed by atoms with Crippen molar-refractivity contribution < 1.29 is 18.7 Å². The van der Waals surface area contributed by atoms with Gasteiger partial charge in [-0.05, 0) is 23.8 Å². The number of ether oxygens (including phenoxy) is 3. The third-order valence-electron chi connectivity index (χ3n) is 2.84. The predicted molar refractivity (Wildman–Crippen MR) is 78.4 cm³/mol.